The normalized spacial score (nSPS) is 9.53. The predicted octanol–water partition coefficient (Wildman–Crippen LogP) is 3.07. The molecule has 3 rings (SSSR count). The standard InChI is InChI=1S/C10H10N4O.C10H14N2O.C2H6/c15-8-12-4-9-5-13-14(7-9)10-2-1-3-11-6-10;1-7(2)11-10(13)9-6-4-5-8(3)12-9;1-2/h1-3,5-8H,4H2,(H,12,15);4-7H,1-3H3,(H,11,13);1-2H3. The van der Waals surface area contributed by atoms with Crippen molar-refractivity contribution in [1.29, 1.82) is 0 Å². The fourth-order valence-corrected chi connectivity index (χ4v) is 2.25. The van der Waals surface area contributed by atoms with E-state index in [0.29, 0.717) is 18.6 Å². The highest BCUT2D eigenvalue weighted by atomic mass is 16.2. The highest BCUT2D eigenvalue weighted by Gasteiger charge is 2.07. The van der Waals surface area contributed by atoms with Crippen molar-refractivity contribution in [2.24, 2.45) is 0 Å². The van der Waals surface area contributed by atoms with Crippen LogP contribution in [0.2, 0.25) is 0 Å². The van der Waals surface area contributed by atoms with E-state index in [1.54, 1.807) is 29.3 Å². The molecule has 160 valence electrons. The number of hydrogen-bond acceptors (Lipinski definition) is 5. The molecule has 0 bridgehead atoms. The molecule has 2 amide bonds. The molecule has 0 aliphatic carbocycles. The molecule has 0 fully saturated rings. The summed E-state index contributed by atoms with van der Waals surface area (Å²) in [5, 5.41) is 9.52. The van der Waals surface area contributed by atoms with Gasteiger partial charge in [-0.25, -0.2) is 9.67 Å². The monoisotopic (exact) mass is 410 g/mol. The van der Waals surface area contributed by atoms with Gasteiger partial charge in [0.05, 0.1) is 18.1 Å². The number of nitrogens with one attached hydrogen (secondary N) is 2. The molecule has 0 radical (unpaired) electrons. The number of amides is 2. The molecule has 0 aliphatic rings. The van der Waals surface area contributed by atoms with E-state index in [1.165, 1.54) is 0 Å². The Morgan fingerprint density at radius 3 is 2.53 bits per heavy atom. The van der Waals surface area contributed by atoms with Gasteiger partial charge in [-0.15, -0.1) is 0 Å². The van der Waals surface area contributed by atoms with E-state index < -0.39 is 0 Å². The van der Waals surface area contributed by atoms with E-state index >= 15 is 0 Å². The number of hydrogen-bond donors (Lipinski definition) is 2. The highest BCUT2D eigenvalue weighted by Crippen LogP contribution is 2.05. The Kier molecular flexibility index (Phi) is 11.1. The summed E-state index contributed by atoms with van der Waals surface area (Å²) in [6.45, 7) is 10.2. The lowest BCUT2D eigenvalue weighted by atomic mass is 10.3. The van der Waals surface area contributed by atoms with Crippen molar-refractivity contribution in [3.63, 3.8) is 0 Å². The van der Waals surface area contributed by atoms with Crippen LogP contribution in [-0.4, -0.2) is 38.1 Å². The third kappa shape index (κ3) is 8.64. The summed E-state index contributed by atoms with van der Waals surface area (Å²) in [7, 11) is 0. The zero-order valence-corrected chi connectivity index (χ0v) is 18.2. The molecule has 8 heteroatoms. The van der Waals surface area contributed by atoms with Gasteiger partial charge in [0.15, 0.2) is 0 Å². The van der Waals surface area contributed by atoms with Crippen LogP contribution in [-0.2, 0) is 11.3 Å². The molecule has 3 heterocycles. The van der Waals surface area contributed by atoms with Gasteiger partial charge in [-0.3, -0.25) is 14.6 Å². The van der Waals surface area contributed by atoms with Gasteiger partial charge in [0.1, 0.15) is 5.69 Å². The molecule has 3 aromatic heterocycles. The van der Waals surface area contributed by atoms with Crippen LogP contribution in [0.25, 0.3) is 5.69 Å². The molecular weight excluding hydrogens is 380 g/mol. The van der Waals surface area contributed by atoms with Gasteiger partial charge >= 0.3 is 0 Å². The van der Waals surface area contributed by atoms with Crippen molar-refractivity contribution in [2.45, 2.75) is 47.2 Å². The third-order valence-electron chi connectivity index (χ3n) is 3.48. The topological polar surface area (TPSA) is 102 Å². The average Bonchev–Trinajstić information content (AvgIpc) is 3.23. The van der Waals surface area contributed by atoms with Crippen molar-refractivity contribution in [3.8, 4) is 5.69 Å². The molecule has 0 atom stereocenters. The van der Waals surface area contributed by atoms with Crippen LogP contribution in [0.5, 0.6) is 0 Å². The SMILES string of the molecule is CC.Cc1cccc(C(=O)NC(C)C)n1.O=CNCc1cnn(-c2cccnc2)c1. The lowest BCUT2D eigenvalue weighted by Gasteiger charge is -2.07. The van der Waals surface area contributed by atoms with E-state index in [4.69, 9.17) is 0 Å². The summed E-state index contributed by atoms with van der Waals surface area (Å²) in [6, 6.07) is 9.32. The summed E-state index contributed by atoms with van der Waals surface area (Å²) in [5.74, 6) is -0.112. The summed E-state index contributed by atoms with van der Waals surface area (Å²) < 4.78 is 1.72. The first-order chi connectivity index (χ1) is 14.5. The minimum absolute atomic E-state index is 0.112. The molecular formula is C22H30N6O2. The molecule has 0 aliphatic heterocycles. The van der Waals surface area contributed by atoms with Gasteiger partial charge < -0.3 is 10.6 Å². The van der Waals surface area contributed by atoms with E-state index in [1.807, 2.05) is 65.1 Å². The Balaban J connectivity index is 0.000000280. The maximum Gasteiger partial charge on any atom is 0.270 e. The van der Waals surface area contributed by atoms with Gasteiger partial charge in [-0.1, -0.05) is 19.9 Å². The van der Waals surface area contributed by atoms with Crippen LogP contribution in [0, 0.1) is 6.92 Å². The number of carbonyl (C=O) groups excluding carboxylic acids is 2. The molecule has 0 unspecified atom stereocenters. The first kappa shape index (κ1) is 24.5. The lowest BCUT2D eigenvalue weighted by molar-refractivity contribution is -0.109. The Hall–Kier alpha value is -3.55. The minimum atomic E-state index is -0.112. The summed E-state index contributed by atoms with van der Waals surface area (Å²) in [6.07, 6.45) is 7.67. The average molecular weight is 411 g/mol. The van der Waals surface area contributed by atoms with Crippen molar-refractivity contribution < 1.29 is 9.59 Å². The van der Waals surface area contributed by atoms with Crippen LogP contribution in [0.15, 0.2) is 55.1 Å². The Morgan fingerprint density at radius 2 is 1.93 bits per heavy atom. The Labute approximate surface area is 177 Å². The molecule has 2 N–H and O–H groups in total. The van der Waals surface area contributed by atoms with Gasteiger partial charge in [0.25, 0.3) is 5.91 Å². The zero-order chi connectivity index (χ0) is 22.4. The number of aromatic nitrogens is 4. The summed E-state index contributed by atoms with van der Waals surface area (Å²) >= 11 is 0. The largest absolute Gasteiger partial charge is 0.354 e. The number of pyridine rings is 2. The van der Waals surface area contributed by atoms with E-state index in [0.717, 1.165) is 16.9 Å². The maximum atomic E-state index is 11.4. The number of nitrogens with zero attached hydrogens (tertiary/aromatic N) is 4. The first-order valence-electron chi connectivity index (χ1n) is 9.85. The second kappa shape index (κ2) is 13.6. The number of rotatable bonds is 6. The first-order valence-corrected chi connectivity index (χ1v) is 9.85. The fraction of sp³-hybridized carbons (Fsp3) is 0.318. The highest BCUT2D eigenvalue weighted by molar-refractivity contribution is 5.92. The van der Waals surface area contributed by atoms with Crippen molar-refractivity contribution >= 4 is 12.3 Å². The van der Waals surface area contributed by atoms with Crippen molar-refractivity contribution in [3.05, 3.63) is 72.1 Å². The van der Waals surface area contributed by atoms with Crippen LogP contribution in [0.4, 0.5) is 0 Å². The Bertz CT molecular complexity index is 893. The lowest BCUT2D eigenvalue weighted by Crippen LogP contribution is -2.30. The molecule has 3 aromatic rings. The van der Waals surface area contributed by atoms with Crippen LogP contribution in [0.1, 0.15) is 49.4 Å². The molecule has 0 aromatic carbocycles. The minimum Gasteiger partial charge on any atom is -0.354 e. The predicted molar refractivity (Wildman–Crippen MR) is 117 cm³/mol. The third-order valence-corrected chi connectivity index (χ3v) is 3.48. The van der Waals surface area contributed by atoms with Crippen molar-refractivity contribution in [1.82, 2.24) is 30.4 Å². The summed E-state index contributed by atoms with van der Waals surface area (Å²) in [5.41, 5.74) is 3.19. The van der Waals surface area contributed by atoms with E-state index in [2.05, 4.69) is 25.7 Å². The number of carbonyl (C=O) groups is 2. The van der Waals surface area contributed by atoms with Gasteiger partial charge in [-0.2, -0.15) is 5.10 Å². The van der Waals surface area contributed by atoms with Crippen molar-refractivity contribution in [2.75, 3.05) is 0 Å². The van der Waals surface area contributed by atoms with Crippen LogP contribution >= 0.6 is 0 Å². The van der Waals surface area contributed by atoms with Gasteiger partial charge in [0, 0.05) is 36.2 Å². The molecule has 0 spiro atoms. The second-order valence-corrected chi connectivity index (χ2v) is 6.30. The van der Waals surface area contributed by atoms with Crippen LogP contribution < -0.4 is 10.6 Å². The molecule has 0 saturated carbocycles. The molecule has 0 saturated heterocycles. The smallest absolute Gasteiger partial charge is 0.270 e. The fourth-order valence-electron chi connectivity index (χ4n) is 2.25. The second-order valence-electron chi connectivity index (χ2n) is 6.30. The van der Waals surface area contributed by atoms with E-state index in [-0.39, 0.29) is 11.9 Å². The summed E-state index contributed by atoms with van der Waals surface area (Å²) in [4.78, 5) is 29.7. The van der Waals surface area contributed by atoms with Gasteiger partial charge in [-0.05, 0) is 45.0 Å². The Morgan fingerprint density at radius 1 is 1.17 bits per heavy atom. The quantitative estimate of drug-likeness (QED) is 0.608. The molecule has 8 nitrogen and oxygen atoms in total. The molecule has 30 heavy (non-hydrogen) atoms. The number of aryl methyl sites for hydroxylation is 1. The zero-order valence-electron chi connectivity index (χ0n) is 18.2. The van der Waals surface area contributed by atoms with E-state index in [9.17, 15) is 9.59 Å². The van der Waals surface area contributed by atoms with Gasteiger partial charge in [0.2, 0.25) is 6.41 Å². The maximum absolute atomic E-state index is 11.4. The van der Waals surface area contributed by atoms with Crippen LogP contribution in [0.3, 0.4) is 0 Å².